The van der Waals surface area contributed by atoms with Crippen molar-refractivity contribution in [3.8, 4) is 0 Å². The molecular formula is C15H30IN5. The highest BCUT2D eigenvalue weighted by Gasteiger charge is 2.19. The second kappa shape index (κ2) is 9.63. The van der Waals surface area contributed by atoms with Gasteiger partial charge in [0.1, 0.15) is 0 Å². The third-order valence-corrected chi connectivity index (χ3v) is 4.30. The Labute approximate surface area is 146 Å². The maximum atomic E-state index is 4.32. The maximum Gasteiger partial charge on any atom is 0.191 e. The summed E-state index contributed by atoms with van der Waals surface area (Å²) in [6, 6.07) is 1.06. The standard InChI is InChI=1S/C15H29N5.HI/c1-13(20-10-8-19(3)9-11-20)12-17-15(16-2)18-14-6-4-5-7-14;/h4-5,13-14H,6-12H2,1-3H3,(H2,16,17,18);1H. The molecule has 0 aromatic rings. The molecule has 0 aromatic carbocycles. The number of rotatable bonds is 4. The van der Waals surface area contributed by atoms with Crippen LogP contribution >= 0.6 is 24.0 Å². The van der Waals surface area contributed by atoms with Crippen LogP contribution in [0.4, 0.5) is 0 Å². The zero-order chi connectivity index (χ0) is 14.4. The molecule has 0 spiro atoms. The van der Waals surface area contributed by atoms with Crippen molar-refractivity contribution in [1.29, 1.82) is 0 Å². The third-order valence-electron chi connectivity index (χ3n) is 4.30. The van der Waals surface area contributed by atoms with E-state index >= 15 is 0 Å². The minimum Gasteiger partial charge on any atom is -0.355 e. The summed E-state index contributed by atoms with van der Waals surface area (Å²) in [5.74, 6) is 0.930. The molecule has 1 heterocycles. The molecule has 2 aliphatic rings. The monoisotopic (exact) mass is 407 g/mol. The summed E-state index contributed by atoms with van der Waals surface area (Å²) in [6.45, 7) is 7.91. The average Bonchev–Trinajstić information content (AvgIpc) is 2.96. The van der Waals surface area contributed by atoms with Crippen LogP contribution in [0, 0.1) is 0 Å². The Bertz CT molecular complexity index is 342. The van der Waals surface area contributed by atoms with Crippen LogP contribution in [0.15, 0.2) is 17.1 Å². The number of likely N-dealkylation sites (N-methyl/N-ethyl adjacent to an activating group) is 1. The lowest BCUT2D eigenvalue weighted by molar-refractivity contribution is 0.120. The Hall–Kier alpha value is -0.340. The zero-order valence-electron chi connectivity index (χ0n) is 13.5. The van der Waals surface area contributed by atoms with Gasteiger partial charge in [-0.25, -0.2) is 0 Å². The zero-order valence-corrected chi connectivity index (χ0v) is 15.8. The lowest BCUT2D eigenvalue weighted by Gasteiger charge is -2.36. The second-order valence-electron chi connectivity index (χ2n) is 5.93. The molecule has 0 radical (unpaired) electrons. The first-order chi connectivity index (χ1) is 9.69. The lowest BCUT2D eigenvalue weighted by Crippen LogP contribution is -2.53. The van der Waals surface area contributed by atoms with E-state index in [0.29, 0.717) is 12.1 Å². The Kier molecular flexibility index (Phi) is 8.58. The highest BCUT2D eigenvalue weighted by atomic mass is 127. The van der Waals surface area contributed by atoms with E-state index in [1.165, 1.54) is 13.1 Å². The van der Waals surface area contributed by atoms with E-state index in [-0.39, 0.29) is 24.0 Å². The quantitative estimate of drug-likeness (QED) is 0.317. The molecule has 1 aliphatic carbocycles. The molecule has 2 N–H and O–H groups in total. The van der Waals surface area contributed by atoms with E-state index in [4.69, 9.17) is 0 Å². The van der Waals surface area contributed by atoms with Gasteiger partial charge in [0, 0.05) is 51.9 Å². The van der Waals surface area contributed by atoms with Crippen molar-refractivity contribution < 1.29 is 0 Å². The number of nitrogens with one attached hydrogen (secondary N) is 2. The van der Waals surface area contributed by atoms with Crippen molar-refractivity contribution in [2.75, 3.05) is 46.8 Å². The van der Waals surface area contributed by atoms with E-state index in [9.17, 15) is 0 Å². The van der Waals surface area contributed by atoms with Crippen molar-refractivity contribution in [2.45, 2.75) is 31.8 Å². The fraction of sp³-hybridized carbons (Fsp3) is 0.800. The molecule has 2 rings (SSSR count). The Morgan fingerprint density at radius 3 is 2.43 bits per heavy atom. The smallest absolute Gasteiger partial charge is 0.191 e. The van der Waals surface area contributed by atoms with Crippen LogP contribution < -0.4 is 10.6 Å². The number of aliphatic imine (C=N–C) groups is 1. The first-order valence-corrected chi connectivity index (χ1v) is 7.74. The van der Waals surface area contributed by atoms with Crippen LogP contribution in [0.1, 0.15) is 19.8 Å². The molecule has 0 bridgehead atoms. The average molecular weight is 407 g/mol. The first kappa shape index (κ1) is 18.7. The van der Waals surface area contributed by atoms with Crippen LogP contribution in [0.3, 0.4) is 0 Å². The second-order valence-corrected chi connectivity index (χ2v) is 5.93. The Morgan fingerprint density at radius 1 is 1.24 bits per heavy atom. The molecule has 1 aliphatic heterocycles. The number of nitrogens with zero attached hydrogens (tertiary/aromatic N) is 3. The first-order valence-electron chi connectivity index (χ1n) is 7.74. The molecule has 1 fully saturated rings. The molecule has 5 nitrogen and oxygen atoms in total. The molecule has 6 heteroatoms. The summed E-state index contributed by atoms with van der Waals surface area (Å²) in [5.41, 5.74) is 0. The summed E-state index contributed by atoms with van der Waals surface area (Å²) < 4.78 is 0. The Balaban J connectivity index is 0.00000220. The SMILES string of the molecule is CN=C(NCC(C)N1CCN(C)CC1)NC1CC=CC1.I. The van der Waals surface area contributed by atoms with Gasteiger partial charge in [-0.2, -0.15) is 0 Å². The van der Waals surface area contributed by atoms with Crippen LogP contribution in [0.25, 0.3) is 0 Å². The van der Waals surface area contributed by atoms with Gasteiger partial charge in [0.25, 0.3) is 0 Å². The van der Waals surface area contributed by atoms with Gasteiger partial charge in [-0.15, -0.1) is 24.0 Å². The minimum absolute atomic E-state index is 0. The predicted molar refractivity (Wildman–Crippen MR) is 101 cm³/mol. The minimum atomic E-state index is 0. The van der Waals surface area contributed by atoms with Gasteiger partial charge in [0.05, 0.1) is 0 Å². The van der Waals surface area contributed by atoms with Crippen LogP contribution in [0.2, 0.25) is 0 Å². The van der Waals surface area contributed by atoms with Crippen molar-refractivity contribution in [1.82, 2.24) is 20.4 Å². The Morgan fingerprint density at radius 2 is 1.86 bits per heavy atom. The van der Waals surface area contributed by atoms with Gasteiger partial charge in [-0.3, -0.25) is 9.89 Å². The topological polar surface area (TPSA) is 42.9 Å². The van der Waals surface area contributed by atoms with Crippen molar-refractivity contribution >= 4 is 29.9 Å². The van der Waals surface area contributed by atoms with E-state index in [1.54, 1.807) is 0 Å². The van der Waals surface area contributed by atoms with Gasteiger partial charge >= 0.3 is 0 Å². The highest BCUT2D eigenvalue weighted by Crippen LogP contribution is 2.08. The molecule has 1 atom stereocenters. The van der Waals surface area contributed by atoms with Gasteiger partial charge in [-0.1, -0.05) is 12.2 Å². The van der Waals surface area contributed by atoms with Gasteiger partial charge < -0.3 is 15.5 Å². The number of guanidine groups is 1. The molecule has 122 valence electrons. The molecule has 1 saturated heterocycles. The number of hydrogen-bond acceptors (Lipinski definition) is 3. The summed E-state index contributed by atoms with van der Waals surface area (Å²) in [6.07, 6.45) is 6.68. The summed E-state index contributed by atoms with van der Waals surface area (Å²) in [5, 5.41) is 6.94. The fourth-order valence-corrected chi connectivity index (χ4v) is 2.76. The van der Waals surface area contributed by atoms with E-state index < -0.39 is 0 Å². The number of hydrogen-bond donors (Lipinski definition) is 2. The fourth-order valence-electron chi connectivity index (χ4n) is 2.76. The molecular weight excluding hydrogens is 377 g/mol. The molecule has 0 aromatic heterocycles. The molecule has 0 amide bonds. The number of halogens is 1. The lowest BCUT2D eigenvalue weighted by atomic mass is 10.2. The summed E-state index contributed by atoms with van der Waals surface area (Å²) in [4.78, 5) is 9.27. The van der Waals surface area contributed by atoms with E-state index in [2.05, 4.69) is 51.5 Å². The third kappa shape index (κ3) is 6.12. The van der Waals surface area contributed by atoms with E-state index in [0.717, 1.165) is 38.4 Å². The molecule has 1 unspecified atom stereocenters. The van der Waals surface area contributed by atoms with Gasteiger partial charge in [-0.05, 0) is 26.8 Å². The van der Waals surface area contributed by atoms with Crippen LogP contribution in [-0.4, -0.2) is 74.7 Å². The van der Waals surface area contributed by atoms with Gasteiger partial charge in [0.15, 0.2) is 5.96 Å². The van der Waals surface area contributed by atoms with Crippen LogP contribution in [0.5, 0.6) is 0 Å². The maximum absolute atomic E-state index is 4.32. The van der Waals surface area contributed by atoms with Crippen molar-refractivity contribution in [2.24, 2.45) is 4.99 Å². The molecule has 21 heavy (non-hydrogen) atoms. The number of piperazine rings is 1. The predicted octanol–water partition coefficient (Wildman–Crippen LogP) is 1.12. The molecule has 0 saturated carbocycles. The normalized spacial score (nSPS) is 22.9. The largest absolute Gasteiger partial charge is 0.355 e. The highest BCUT2D eigenvalue weighted by molar-refractivity contribution is 14.0. The van der Waals surface area contributed by atoms with E-state index in [1.807, 2.05) is 7.05 Å². The van der Waals surface area contributed by atoms with Crippen molar-refractivity contribution in [3.05, 3.63) is 12.2 Å². The van der Waals surface area contributed by atoms with Crippen LogP contribution in [-0.2, 0) is 0 Å². The summed E-state index contributed by atoms with van der Waals surface area (Å²) in [7, 11) is 4.04. The summed E-state index contributed by atoms with van der Waals surface area (Å²) >= 11 is 0. The van der Waals surface area contributed by atoms with Gasteiger partial charge in [0.2, 0.25) is 0 Å². The van der Waals surface area contributed by atoms with Crippen molar-refractivity contribution in [3.63, 3.8) is 0 Å².